The van der Waals surface area contributed by atoms with Crippen molar-refractivity contribution in [2.75, 3.05) is 6.54 Å². The highest BCUT2D eigenvalue weighted by molar-refractivity contribution is 6.31. The van der Waals surface area contributed by atoms with Crippen LogP contribution in [-0.4, -0.2) is 29.3 Å². The lowest BCUT2D eigenvalue weighted by Gasteiger charge is -2.31. The van der Waals surface area contributed by atoms with Crippen LogP contribution in [0, 0.1) is 0 Å². The van der Waals surface area contributed by atoms with Gasteiger partial charge >= 0.3 is 0 Å². The first-order valence-electron chi connectivity index (χ1n) is 10.6. The van der Waals surface area contributed by atoms with E-state index < -0.39 is 6.04 Å². The molecule has 0 aliphatic carbocycles. The summed E-state index contributed by atoms with van der Waals surface area (Å²) in [4.78, 5) is 28.3. The molecule has 0 aliphatic rings. The van der Waals surface area contributed by atoms with E-state index in [0.717, 1.165) is 16.7 Å². The van der Waals surface area contributed by atoms with Crippen molar-refractivity contribution >= 4 is 35.0 Å². The lowest BCUT2D eigenvalue weighted by atomic mass is 10.0. The Morgan fingerprint density at radius 3 is 2.28 bits per heavy atom. The predicted octanol–water partition coefficient (Wildman–Crippen LogP) is 5.31. The van der Waals surface area contributed by atoms with Gasteiger partial charge in [-0.05, 0) is 41.8 Å². The van der Waals surface area contributed by atoms with Gasteiger partial charge in [-0.15, -0.1) is 0 Å². The summed E-state index contributed by atoms with van der Waals surface area (Å²) in [7, 11) is 0. The van der Waals surface area contributed by atoms with Crippen molar-refractivity contribution in [1.82, 2.24) is 10.2 Å². The third kappa shape index (κ3) is 6.59. The number of carbonyl (C=O) groups excluding carboxylic acids is 2. The SMILES string of the molecule is CCNC(=O)[C@H](Cc1ccccc1)N(Cc1cccc(Cl)c1)C(=O)Cc1ccccc1Cl. The maximum absolute atomic E-state index is 13.5. The molecule has 6 heteroatoms. The number of amides is 2. The second-order valence-corrected chi connectivity index (χ2v) is 8.36. The summed E-state index contributed by atoms with van der Waals surface area (Å²) in [5, 5.41) is 4.00. The van der Waals surface area contributed by atoms with Crippen LogP contribution < -0.4 is 5.32 Å². The van der Waals surface area contributed by atoms with E-state index in [1.807, 2.05) is 73.7 Å². The molecule has 3 aromatic rings. The number of benzene rings is 3. The highest BCUT2D eigenvalue weighted by Gasteiger charge is 2.30. The summed E-state index contributed by atoms with van der Waals surface area (Å²) >= 11 is 12.5. The summed E-state index contributed by atoms with van der Waals surface area (Å²) in [5.74, 6) is -0.365. The summed E-state index contributed by atoms with van der Waals surface area (Å²) in [6.07, 6.45) is 0.506. The zero-order valence-electron chi connectivity index (χ0n) is 17.9. The molecular formula is C26H26Cl2N2O2. The van der Waals surface area contributed by atoms with Crippen molar-refractivity contribution in [2.45, 2.75) is 32.4 Å². The first kappa shape index (κ1) is 23.8. The van der Waals surface area contributed by atoms with Gasteiger partial charge in [-0.1, -0.05) is 83.9 Å². The Morgan fingerprint density at radius 2 is 1.59 bits per heavy atom. The molecule has 0 unspecified atom stereocenters. The van der Waals surface area contributed by atoms with Crippen LogP contribution in [0.3, 0.4) is 0 Å². The van der Waals surface area contributed by atoms with Gasteiger partial charge in [0.25, 0.3) is 0 Å². The molecule has 1 N–H and O–H groups in total. The summed E-state index contributed by atoms with van der Waals surface area (Å²) in [6.45, 7) is 2.61. The molecule has 3 aromatic carbocycles. The molecule has 0 fully saturated rings. The van der Waals surface area contributed by atoms with Gasteiger partial charge in [0.2, 0.25) is 11.8 Å². The van der Waals surface area contributed by atoms with Gasteiger partial charge in [0.1, 0.15) is 6.04 Å². The van der Waals surface area contributed by atoms with E-state index in [0.29, 0.717) is 23.0 Å². The van der Waals surface area contributed by atoms with Crippen molar-refractivity contribution in [3.63, 3.8) is 0 Å². The van der Waals surface area contributed by atoms with E-state index in [1.54, 1.807) is 17.0 Å². The molecule has 4 nitrogen and oxygen atoms in total. The molecule has 2 amide bonds. The van der Waals surface area contributed by atoms with Crippen molar-refractivity contribution in [3.05, 3.63) is 106 Å². The van der Waals surface area contributed by atoms with Crippen LogP contribution in [0.25, 0.3) is 0 Å². The van der Waals surface area contributed by atoms with Gasteiger partial charge in [0, 0.05) is 29.6 Å². The van der Waals surface area contributed by atoms with Crippen molar-refractivity contribution in [3.8, 4) is 0 Å². The monoisotopic (exact) mass is 468 g/mol. The molecule has 0 radical (unpaired) electrons. The van der Waals surface area contributed by atoms with Crippen molar-refractivity contribution in [1.29, 1.82) is 0 Å². The topological polar surface area (TPSA) is 49.4 Å². The lowest BCUT2D eigenvalue weighted by molar-refractivity contribution is -0.140. The Labute approximate surface area is 199 Å². The van der Waals surface area contributed by atoms with E-state index >= 15 is 0 Å². The van der Waals surface area contributed by atoms with Crippen molar-refractivity contribution < 1.29 is 9.59 Å². The van der Waals surface area contributed by atoms with Crippen LogP contribution in [-0.2, 0) is 29.0 Å². The molecule has 32 heavy (non-hydrogen) atoms. The zero-order chi connectivity index (χ0) is 22.9. The minimum atomic E-state index is -0.675. The fourth-order valence-electron chi connectivity index (χ4n) is 3.58. The van der Waals surface area contributed by atoms with E-state index in [-0.39, 0.29) is 24.8 Å². The Balaban J connectivity index is 1.96. The van der Waals surface area contributed by atoms with Crippen LogP contribution in [0.5, 0.6) is 0 Å². The second kappa shape index (κ2) is 11.7. The number of halogens is 2. The van der Waals surface area contributed by atoms with Gasteiger partial charge in [-0.3, -0.25) is 9.59 Å². The molecule has 0 saturated heterocycles. The van der Waals surface area contributed by atoms with Gasteiger partial charge in [0.15, 0.2) is 0 Å². The molecule has 0 aromatic heterocycles. The molecule has 0 saturated carbocycles. The Morgan fingerprint density at radius 1 is 0.906 bits per heavy atom. The smallest absolute Gasteiger partial charge is 0.243 e. The summed E-state index contributed by atoms with van der Waals surface area (Å²) in [5.41, 5.74) is 2.56. The van der Waals surface area contributed by atoms with E-state index in [1.165, 1.54) is 0 Å². The number of hydrogen-bond donors (Lipinski definition) is 1. The van der Waals surface area contributed by atoms with Gasteiger partial charge < -0.3 is 10.2 Å². The highest BCUT2D eigenvalue weighted by Crippen LogP contribution is 2.21. The van der Waals surface area contributed by atoms with Crippen LogP contribution >= 0.6 is 23.2 Å². The maximum Gasteiger partial charge on any atom is 0.243 e. The Hall–Kier alpha value is -2.82. The predicted molar refractivity (Wildman–Crippen MR) is 130 cm³/mol. The number of nitrogens with zero attached hydrogens (tertiary/aromatic N) is 1. The molecule has 0 spiro atoms. The minimum absolute atomic E-state index is 0.102. The number of nitrogens with one attached hydrogen (secondary N) is 1. The molecule has 0 bridgehead atoms. The summed E-state index contributed by atoms with van der Waals surface area (Å²) < 4.78 is 0. The van der Waals surface area contributed by atoms with Crippen LogP contribution in [0.1, 0.15) is 23.6 Å². The van der Waals surface area contributed by atoms with Crippen LogP contribution in [0.2, 0.25) is 10.0 Å². The highest BCUT2D eigenvalue weighted by atomic mass is 35.5. The molecule has 0 heterocycles. The normalized spacial score (nSPS) is 11.6. The number of rotatable bonds is 9. The maximum atomic E-state index is 13.5. The zero-order valence-corrected chi connectivity index (χ0v) is 19.4. The first-order chi connectivity index (χ1) is 15.5. The molecular weight excluding hydrogens is 443 g/mol. The van der Waals surface area contributed by atoms with Crippen LogP contribution in [0.15, 0.2) is 78.9 Å². The summed E-state index contributed by atoms with van der Waals surface area (Å²) in [6, 6.07) is 23.6. The number of hydrogen-bond acceptors (Lipinski definition) is 2. The standard InChI is InChI=1S/C26H26Cl2N2O2/c1-2-29-26(32)24(16-19-9-4-3-5-10-19)30(18-20-11-8-13-22(27)15-20)25(31)17-21-12-6-7-14-23(21)28/h3-15,24H,2,16-18H2,1H3,(H,29,32)/t24-/m0/s1. The van der Waals surface area contributed by atoms with Crippen LogP contribution in [0.4, 0.5) is 0 Å². The minimum Gasteiger partial charge on any atom is -0.355 e. The second-order valence-electron chi connectivity index (χ2n) is 7.52. The van der Waals surface area contributed by atoms with Gasteiger partial charge in [-0.2, -0.15) is 0 Å². The Bertz CT molecular complexity index is 1060. The van der Waals surface area contributed by atoms with E-state index in [4.69, 9.17) is 23.2 Å². The van der Waals surface area contributed by atoms with Gasteiger partial charge in [-0.25, -0.2) is 0 Å². The number of likely N-dealkylation sites (N-methyl/N-ethyl adjacent to an activating group) is 1. The fraction of sp³-hybridized carbons (Fsp3) is 0.231. The van der Waals surface area contributed by atoms with Crippen molar-refractivity contribution in [2.24, 2.45) is 0 Å². The largest absolute Gasteiger partial charge is 0.355 e. The fourth-order valence-corrected chi connectivity index (χ4v) is 4.00. The Kier molecular flexibility index (Phi) is 8.72. The lowest BCUT2D eigenvalue weighted by Crippen LogP contribution is -2.51. The van der Waals surface area contributed by atoms with E-state index in [2.05, 4.69) is 5.32 Å². The molecule has 166 valence electrons. The van der Waals surface area contributed by atoms with Gasteiger partial charge in [0.05, 0.1) is 6.42 Å². The first-order valence-corrected chi connectivity index (χ1v) is 11.3. The molecule has 3 rings (SSSR count). The quantitative estimate of drug-likeness (QED) is 0.462. The average molecular weight is 469 g/mol. The third-order valence-electron chi connectivity index (χ3n) is 5.16. The third-order valence-corrected chi connectivity index (χ3v) is 5.77. The molecule has 0 aliphatic heterocycles. The average Bonchev–Trinajstić information content (AvgIpc) is 2.78. The number of carbonyl (C=O) groups is 2. The molecule has 1 atom stereocenters. The van der Waals surface area contributed by atoms with E-state index in [9.17, 15) is 9.59 Å².